The predicted octanol–water partition coefficient (Wildman–Crippen LogP) is 5.18. The topological polar surface area (TPSA) is 145 Å². The number of nitrogens with one attached hydrogen (secondary N) is 2. The zero-order valence-corrected chi connectivity index (χ0v) is 23.8. The standard InChI is InChI=1S/C21H20Br2ClN7O2.C2H4O2/c1-12-2-3-15(10-17(12)24)26-19-27-20(29-21(28-19)31-4-6-33-7-5-31)30-25-11-13-8-14(22)9-16(23)18(13)32;1-2(3)4/h2-3,8-11,32H,4-7H2,1H3,(H2,26,27,28,29,30);1H3,(H,3,4)/b25-11+;. The minimum atomic E-state index is -0.833. The van der Waals surface area contributed by atoms with Gasteiger partial charge in [0, 0.05) is 40.8 Å². The molecule has 14 heteroatoms. The summed E-state index contributed by atoms with van der Waals surface area (Å²) in [6.45, 7) is 5.55. The van der Waals surface area contributed by atoms with Gasteiger partial charge in [0.05, 0.1) is 23.9 Å². The van der Waals surface area contributed by atoms with Gasteiger partial charge in [-0.15, -0.1) is 0 Å². The fraction of sp³-hybridized carbons (Fsp3) is 0.261. The van der Waals surface area contributed by atoms with Gasteiger partial charge in [0.1, 0.15) is 5.75 Å². The Balaban J connectivity index is 0.000000886. The summed E-state index contributed by atoms with van der Waals surface area (Å²) in [6.07, 6.45) is 1.48. The van der Waals surface area contributed by atoms with Crippen molar-refractivity contribution in [2.75, 3.05) is 41.9 Å². The third-order valence-electron chi connectivity index (χ3n) is 4.77. The number of hydrazone groups is 1. The van der Waals surface area contributed by atoms with Crippen molar-refractivity contribution in [3.05, 3.63) is 55.4 Å². The number of carboxylic acid groups (broad SMARTS) is 1. The lowest BCUT2D eigenvalue weighted by molar-refractivity contribution is -0.134. The molecule has 3 aromatic rings. The summed E-state index contributed by atoms with van der Waals surface area (Å²) < 4.78 is 6.78. The second kappa shape index (κ2) is 13.5. The monoisotopic (exact) mass is 655 g/mol. The largest absolute Gasteiger partial charge is 0.506 e. The zero-order chi connectivity index (χ0) is 26.9. The van der Waals surface area contributed by atoms with Crippen LogP contribution in [0.1, 0.15) is 18.1 Å². The van der Waals surface area contributed by atoms with E-state index in [1.54, 1.807) is 12.1 Å². The van der Waals surface area contributed by atoms with Crippen molar-refractivity contribution in [2.24, 2.45) is 5.10 Å². The minimum Gasteiger partial charge on any atom is -0.506 e. The van der Waals surface area contributed by atoms with Gasteiger partial charge in [-0.25, -0.2) is 5.43 Å². The van der Waals surface area contributed by atoms with Crippen LogP contribution in [0, 0.1) is 6.92 Å². The molecule has 2 aromatic carbocycles. The van der Waals surface area contributed by atoms with Gasteiger partial charge < -0.3 is 25.2 Å². The van der Waals surface area contributed by atoms with Crippen molar-refractivity contribution in [3.63, 3.8) is 0 Å². The zero-order valence-electron chi connectivity index (χ0n) is 19.9. The number of nitrogens with zero attached hydrogens (tertiary/aromatic N) is 5. The first-order valence-electron chi connectivity index (χ1n) is 10.9. The number of aryl methyl sites for hydroxylation is 1. The van der Waals surface area contributed by atoms with Gasteiger partial charge >= 0.3 is 0 Å². The SMILES string of the molecule is CC(=O)O.Cc1ccc(Nc2nc(N/N=C/c3cc(Br)cc(Br)c3O)nc(N3CCOCC3)n2)cc1Cl. The molecule has 37 heavy (non-hydrogen) atoms. The van der Waals surface area contributed by atoms with E-state index in [9.17, 15) is 5.11 Å². The Morgan fingerprint density at radius 3 is 2.51 bits per heavy atom. The molecule has 1 saturated heterocycles. The van der Waals surface area contributed by atoms with Gasteiger partial charge in [0.2, 0.25) is 17.8 Å². The molecule has 0 saturated carbocycles. The first kappa shape index (κ1) is 28.6. The van der Waals surface area contributed by atoms with Crippen molar-refractivity contribution >= 4 is 79.2 Å². The van der Waals surface area contributed by atoms with Crippen molar-refractivity contribution in [1.29, 1.82) is 0 Å². The molecular formula is C23H24Br2ClN7O4. The Morgan fingerprint density at radius 1 is 1.16 bits per heavy atom. The first-order chi connectivity index (χ1) is 17.6. The van der Waals surface area contributed by atoms with E-state index in [-0.39, 0.29) is 11.7 Å². The van der Waals surface area contributed by atoms with Crippen LogP contribution in [0.2, 0.25) is 5.02 Å². The van der Waals surface area contributed by atoms with Crippen LogP contribution in [0.3, 0.4) is 0 Å². The average Bonchev–Trinajstić information content (AvgIpc) is 2.84. The fourth-order valence-corrected chi connectivity index (χ4v) is 4.46. The van der Waals surface area contributed by atoms with Crippen molar-refractivity contribution < 1.29 is 19.7 Å². The molecule has 0 unspecified atom stereocenters. The molecule has 1 aliphatic heterocycles. The van der Waals surface area contributed by atoms with Crippen LogP contribution < -0.4 is 15.6 Å². The molecule has 196 valence electrons. The molecule has 1 aromatic heterocycles. The number of anilines is 4. The third-order valence-corrected chi connectivity index (χ3v) is 6.24. The maximum Gasteiger partial charge on any atom is 0.300 e. The Kier molecular flexibility index (Phi) is 10.4. The quantitative estimate of drug-likeness (QED) is 0.207. The molecule has 0 amide bonds. The molecule has 4 rings (SSSR count). The number of aliphatic carboxylic acids is 1. The van der Waals surface area contributed by atoms with Crippen molar-refractivity contribution in [1.82, 2.24) is 15.0 Å². The summed E-state index contributed by atoms with van der Waals surface area (Å²) in [7, 11) is 0. The summed E-state index contributed by atoms with van der Waals surface area (Å²) in [4.78, 5) is 24.5. The molecule has 0 aliphatic carbocycles. The van der Waals surface area contributed by atoms with Crippen LogP contribution in [0.15, 0.2) is 44.4 Å². The highest BCUT2D eigenvalue weighted by Gasteiger charge is 2.17. The lowest BCUT2D eigenvalue weighted by Crippen LogP contribution is -2.37. The van der Waals surface area contributed by atoms with Gasteiger partial charge in [0.15, 0.2) is 0 Å². The van der Waals surface area contributed by atoms with Gasteiger partial charge in [-0.1, -0.05) is 33.6 Å². The summed E-state index contributed by atoms with van der Waals surface area (Å²) in [5.41, 5.74) is 5.07. The Bertz CT molecular complexity index is 1290. The van der Waals surface area contributed by atoms with Crippen LogP contribution in [-0.2, 0) is 9.53 Å². The van der Waals surface area contributed by atoms with E-state index in [2.05, 4.69) is 62.7 Å². The van der Waals surface area contributed by atoms with E-state index < -0.39 is 5.97 Å². The highest BCUT2D eigenvalue weighted by molar-refractivity contribution is 9.11. The molecule has 0 radical (unpaired) electrons. The molecular weight excluding hydrogens is 634 g/mol. The number of rotatable bonds is 6. The van der Waals surface area contributed by atoms with Crippen LogP contribution in [-0.4, -0.2) is 63.7 Å². The van der Waals surface area contributed by atoms with Gasteiger partial charge in [0.25, 0.3) is 5.97 Å². The second-order valence-corrected chi connectivity index (χ2v) is 9.86. The molecule has 0 bridgehead atoms. The molecule has 2 heterocycles. The van der Waals surface area contributed by atoms with Crippen LogP contribution in [0.5, 0.6) is 5.75 Å². The Morgan fingerprint density at radius 2 is 1.84 bits per heavy atom. The number of morpholine rings is 1. The second-order valence-electron chi connectivity index (χ2n) is 7.69. The van der Waals surface area contributed by atoms with E-state index in [0.29, 0.717) is 53.3 Å². The summed E-state index contributed by atoms with van der Waals surface area (Å²) in [5.74, 6) is 0.334. The van der Waals surface area contributed by atoms with Crippen LogP contribution >= 0.6 is 43.5 Å². The predicted molar refractivity (Wildman–Crippen MR) is 150 cm³/mol. The van der Waals surface area contributed by atoms with E-state index in [0.717, 1.165) is 22.6 Å². The summed E-state index contributed by atoms with van der Waals surface area (Å²) in [6, 6.07) is 9.12. The number of aromatic nitrogens is 3. The maximum absolute atomic E-state index is 10.2. The lowest BCUT2D eigenvalue weighted by atomic mass is 10.2. The van der Waals surface area contributed by atoms with E-state index in [1.807, 2.05) is 30.0 Å². The number of phenolic OH excluding ortho intramolecular Hbond substituents is 1. The maximum atomic E-state index is 10.2. The van der Waals surface area contributed by atoms with Gasteiger partial charge in [-0.2, -0.15) is 20.1 Å². The number of benzene rings is 2. The molecule has 0 spiro atoms. The summed E-state index contributed by atoms with van der Waals surface area (Å²) in [5, 5.41) is 25.6. The van der Waals surface area contributed by atoms with Crippen LogP contribution in [0.25, 0.3) is 0 Å². The van der Waals surface area contributed by atoms with Crippen molar-refractivity contribution in [3.8, 4) is 5.75 Å². The molecule has 1 aliphatic rings. The number of aromatic hydroxyl groups is 1. The number of phenols is 1. The smallest absolute Gasteiger partial charge is 0.300 e. The van der Waals surface area contributed by atoms with Crippen molar-refractivity contribution in [2.45, 2.75) is 13.8 Å². The number of carbonyl (C=O) groups is 1. The minimum absolute atomic E-state index is 0.0759. The van der Waals surface area contributed by atoms with E-state index >= 15 is 0 Å². The molecule has 0 atom stereocenters. The number of carboxylic acids is 1. The lowest BCUT2D eigenvalue weighted by Gasteiger charge is -2.27. The van der Waals surface area contributed by atoms with Gasteiger partial charge in [-0.05, 0) is 52.7 Å². The highest BCUT2D eigenvalue weighted by atomic mass is 79.9. The van der Waals surface area contributed by atoms with E-state index in [4.69, 9.17) is 26.2 Å². The number of hydrogen-bond donors (Lipinski definition) is 4. The first-order valence-corrected chi connectivity index (χ1v) is 12.9. The van der Waals surface area contributed by atoms with E-state index in [1.165, 1.54) is 6.21 Å². The normalized spacial score (nSPS) is 13.2. The highest BCUT2D eigenvalue weighted by Crippen LogP contribution is 2.30. The summed E-state index contributed by atoms with van der Waals surface area (Å²) >= 11 is 13.0. The molecule has 1 fully saturated rings. The average molecular weight is 658 g/mol. The Labute approximate surface area is 235 Å². The number of halogens is 3. The fourth-order valence-electron chi connectivity index (χ4n) is 3.02. The van der Waals surface area contributed by atoms with Gasteiger partial charge in [-0.3, -0.25) is 4.79 Å². The molecule has 11 nitrogen and oxygen atoms in total. The van der Waals surface area contributed by atoms with Crippen LogP contribution in [0.4, 0.5) is 23.5 Å². The molecule has 4 N–H and O–H groups in total. The number of ether oxygens (including phenoxy) is 1. The number of hydrogen-bond acceptors (Lipinski definition) is 10. The Hall–Kier alpha value is -3.00. The third kappa shape index (κ3) is 8.81.